The average molecular weight is 389 g/mol. The highest BCUT2D eigenvalue weighted by Gasteiger charge is 2.62. The number of ether oxygens (including phenoxy) is 2. The summed E-state index contributed by atoms with van der Waals surface area (Å²) in [6.07, 6.45) is 4.05. The van der Waals surface area contributed by atoms with Crippen LogP contribution in [-0.4, -0.2) is 24.1 Å². The van der Waals surface area contributed by atoms with Crippen LogP contribution in [-0.2, 0) is 9.47 Å². The standard InChI is InChI=1S/C20H20O4S2/c21-19(11-4-6-25-9-11)23-17-15-8-16(14-3-1-2-13(14)15)18(17)24-20(22)12-5-7-26-10-12/h4-7,9-10,13-18H,1-3,8H2. The summed E-state index contributed by atoms with van der Waals surface area (Å²) in [5.74, 6) is 1.31. The van der Waals surface area contributed by atoms with E-state index in [0.29, 0.717) is 34.8 Å². The van der Waals surface area contributed by atoms with Gasteiger partial charge in [-0.15, -0.1) is 0 Å². The van der Waals surface area contributed by atoms with Gasteiger partial charge in [-0.2, -0.15) is 22.7 Å². The highest BCUT2D eigenvalue weighted by Crippen LogP contribution is 2.60. The van der Waals surface area contributed by atoms with Crippen LogP contribution < -0.4 is 0 Å². The summed E-state index contributed by atoms with van der Waals surface area (Å²) in [4.78, 5) is 25.1. The minimum Gasteiger partial charge on any atom is -0.454 e. The maximum atomic E-state index is 12.5. The molecule has 2 bridgehead atoms. The Hall–Kier alpha value is -1.66. The molecule has 2 aromatic heterocycles. The van der Waals surface area contributed by atoms with Crippen molar-refractivity contribution in [3.63, 3.8) is 0 Å². The van der Waals surface area contributed by atoms with Crippen LogP contribution in [0.1, 0.15) is 46.4 Å². The van der Waals surface area contributed by atoms with Gasteiger partial charge in [0.15, 0.2) is 0 Å². The van der Waals surface area contributed by atoms with E-state index in [1.54, 1.807) is 22.9 Å². The molecule has 0 aliphatic heterocycles. The van der Waals surface area contributed by atoms with Gasteiger partial charge < -0.3 is 9.47 Å². The molecule has 5 rings (SSSR count). The zero-order valence-corrected chi connectivity index (χ0v) is 15.8. The summed E-state index contributed by atoms with van der Waals surface area (Å²) in [6.45, 7) is 0. The van der Waals surface area contributed by atoms with Gasteiger partial charge >= 0.3 is 11.9 Å². The van der Waals surface area contributed by atoms with Gasteiger partial charge in [-0.3, -0.25) is 0 Å². The number of esters is 2. The van der Waals surface area contributed by atoms with Crippen LogP contribution in [0.15, 0.2) is 33.7 Å². The summed E-state index contributed by atoms with van der Waals surface area (Å²) in [5, 5.41) is 7.36. The van der Waals surface area contributed by atoms with Crippen LogP contribution in [0.5, 0.6) is 0 Å². The van der Waals surface area contributed by atoms with E-state index in [1.807, 2.05) is 10.8 Å². The van der Waals surface area contributed by atoms with E-state index in [9.17, 15) is 9.59 Å². The van der Waals surface area contributed by atoms with Crippen LogP contribution in [0, 0.1) is 23.7 Å². The van der Waals surface area contributed by atoms with Gasteiger partial charge in [0.1, 0.15) is 12.2 Å². The fraction of sp³-hybridized carbons (Fsp3) is 0.500. The molecule has 3 aliphatic rings. The van der Waals surface area contributed by atoms with Crippen molar-refractivity contribution in [3.05, 3.63) is 44.8 Å². The molecule has 3 aliphatic carbocycles. The Labute approximate surface area is 160 Å². The summed E-state index contributed by atoms with van der Waals surface area (Å²) >= 11 is 2.96. The van der Waals surface area contributed by atoms with Crippen molar-refractivity contribution in [2.45, 2.75) is 37.9 Å². The van der Waals surface area contributed by atoms with Gasteiger partial charge in [0.25, 0.3) is 0 Å². The normalized spacial score (nSPS) is 34.6. The summed E-state index contributed by atoms with van der Waals surface area (Å²) in [5.41, 5.74) is 1.17. The third kappa shape index (κ3) is 2.62. The molecule has 0 radical (unpaired) electrons. The Morgan fingerprint density at radius 2 is 1.31 bits per heavy atom. The van der Waals surface area contributed by atoms with Gasteiger partial charge in [-0.25, -0.2) is 9.59 Å². The lowest BCUT2D eigenvalue weighted by Gasteiger charge is -2.37. The smallest absolute Gasteiger partial charge is 0.339 e. The molecule has 6 unspecified atom stereocenters. The number of thiophene rings is 2. The molecule has 3 fully saturated rings. The molecule has 26 heavy (non-hydrogen) atoms. The van der Waals surface area contributed by atoms with Crippen LogP contribution in [0.25, 0.3) is 0 Å². The predicted molar refractivity (Wildman–Crippen MR) is 99.5 cm³/mol. The molecular weight excluding hydrogens is 368 g/mol. The van der Waals surface area contributed by atoms with E-state index in [2.05, 4.69) is 0 Å². The van der Waals surface area contributed by atoms with Gasteiger partial charge in [-0.05, 0) is 54.0 Å². The Balaban J connectivity index is 1.39. The van der Waals surface area contributed by atoms with Crippen molar-refractivity contribution in [2.24, 2.45) is 23.7 Å². The van der Waals surface area contributed by atoms with Crippen molar-refractivity contribution < 1.29 is 19.1 Å². The first-order chi connectivity index (χ1) is 12.7. The van der Waals surface area contributed by atoms with Crippen LogP contribution in [0.4, 0.5) is 0 Å². The molecule has 0 amide bonds. The highest BCUT2D eigenvalue weighted by molar-refractivity contribution is 7.08. The Bertz CT molecular complexity index is 732. The number of hydrogen-bond acceptors (Lipinski definition) is 6. The SMILES string of the molecule is O=C(OC1C2CC(C3CCCC32)C1OC(=O)c1ccsc1)c1ccsc1. The predicted octanol–water partition coefficient (Wildman–Crippen LogP) is 4.63. The topological polar surface area (TPSA) is 52.6 Å². The third-order valence-electron chi connectivity index (χ3n) is 6.44. The number of fused-ring (bicyclic) bond motifs is 5. The van der Waals surface area contributed by atoms with E-state index in [0.717, 1.165) is 6.42 Å². The van der Waals surface area contributed by atoms with Crippen molar-refractivity contribution in [3.8, 4) is 0 Å². The van der Waals surface area contributed by atoms with E-state index in [-0.39, 0.29) is 24.1 Å². The molecule has 0 spiro atoms. The average Bonchev–Trinajstić information content (AvgIpc) is 3.40. The number of carbonyl (C=O) groups is 2. The van der Waals surface area contributed by atoms with Gasteiger partial charge in [-0.1, -0.05) is 6.42 Å². The van der Waals surface area contributed by atoms with Crippen LogP contribution >= 0.6 is 22.7 Å². The molecule has 0 N–H and O–H groups in total. The lowest BCUT2D eigenvalue weighted by Crippen LogP contribution is -2.45. The number of hydrogen-bond donors (Lipinski definition) is 0. The number of rotatable bonds is 4. The van der Waals surface area contributed by atoms with Crippen molar-refractivity contribution in [1.82, 2.24) is 0 Å². The van der Waals surface area contributed by atoms with Crippen molar-refractivity contribution in [2.75, 3.05) is 0 Å². The summed E-state index contributed by atoms with van der Waals surface area (Å²) in [7, 11) is 0. The first kappa shape index (κ1) is 16.5. The van der Waals surface area contributed by atoms with E-state index in [4.69, 9.17) is 9.47 Å². The van der Waals surface area contributed by atoms with E-state index < -0.39 is 0 Å². The minimum atomic E-state index is -0.311. The molecule has 136 valence electrons. The highest BCUT2D eigenvalue weighted by atomic mass is 32.1. The van der Waals surface area contributed by atoms with E-state index >= 15 is 0 Å². The zero-order chi connectivity index (χ0) is 17.7. The molecule has 2 heterocycles. The second kappa shape index (κ2) is 6.50. The monoisotopic (exact) mass is 388 g/mol. The Morgan fingerprint density at radius 3 is 1.73 bits per heavy atom. The molecular formula is C20H20O4S2. The molecule has 4 nitrogen and oxygen atoms in total. The molecule has 0 aromatic carbocycles. The Kier molecular flexibility index (Phi) is 4.13. The minimum absolute atomic E-state index is 0.296. The van der Waals surface area contributed by atoms with E-state index in [1.165, 1.54) is 41.9 Å². The lowest BCUT2D eigenvalue weighted by atomic mass is 9.78. The quantitative estimate of drug-likeness (QED) is 0.717. The van der Waals surface area contributed by atoms with Crippen molar-refractivity contribution >= 4 is 34.6 Å². The van der Waals surface area contributed by atoms with Gasteiger partial charge in [0.2, 0.25) is 0 Å². The maximum absolute atomic E-state index is 12.5. The van der Waals surface area contributed by atoms with Crippen molar-refractivity contribution in [1.29, 1.82) is 0 Å². The fourth-order valence-electron chi connectivity index (χ4n) is 5.44. The first-order valence-corrected chi connectivity index (χ1v) is 11.1. The fourth-order valence-corrected chi connectivity index (χ4v) is 6.69. The molecule has 6 atom stereocenters. The maximum Gasteiger partial charge on any atom is 0.339 e. The van der Waals surface area contributed by atoms with Crippen LogP contribution in [0.3, 0.4) is 0 Å². The lowest BCUT2D eigenvalue weighted by molar-refractivity contribution is -0.0766. The first-order valence-electron chi connectivity index (χ1n) is 9.19. The molecule has 3 saturated carbocycles. The summed E-state index contributed by atoms with van der Waals surface area (Å²) in [6, 6.07) is 3.57. The number of carbonyl (C=O) groups excluding carboxylic acids is 2. The third-order valence-corrected chi connectivity index (χ3v) is 7.80. The molecule has 0 saturated heterocycles. The Morgan fingerprint density at radius 1 is 0.808 bits per heavy atom. The van der Waals surface area contributed by atoms with Gasteiger partial charge in [0, 0.05) is 22.6 Å². The van der Waals surface area contributed by atoms with Gasteiger partial charge in [0.05, 0.1) is 11.1 Å². The second-order valence-electron chi connectivity index (χ2n) is 7.59. The van der Waals surface area contributed by atoms with Crippen LogP contribution in [0.2, 0.25) is 0 Å². The largest absolute Gasteiger partial charge is 0.454 e. The molecule has 2 aromatic rings. The second-order valence-corrected chi connectivity index (χ2v) is 9.15. The summed E-state index contributed by atoms with van der Waals surface area (Å²) < 4.78 is 11.8. The zero-order valence-electron chi connectivity index (χ0n) is 14.2. The molecule has 6 heteroatoms.